The van der Waals surface area contributed by atoms with Crippen LogP contribution in [0.3, 0.4) is 0 Å². The number of pyridine rings is 1. The number of aromatic nitrogens is 2. The molecule has 5 rings (SSSR count). The Kier molecular flexibility index (Phi) is 4.94. The summed E-state index contributed by atoms with van der Waals surface area (Å²) in [6.45, 7) is 0.839. The quantitative estimate of drug-likeness (QED) is 0.510. The Morgan fingerprint density at radius 3 is 2.68 bits per heavy atom. The van der Waals surface area contributed by atoms with Gasteiger partial charge in [0, 0.05) is 30.6 Å². The van der Waals surface area contributed by atoms with E-state index in [1.165, 1.54) is 4.41 Å². The van der Waals surface area contributed by atoms with Crippen LogP contribution in [0.25, 0.3) is 22.2 Å². The average molecular weight is 436 g/mol. The van der Waals surface area contributed by atoms with Crippen molar-refractivity contribution >= 4 is 39.7 Å². The molecule has 2 fully saturated rings. The highest BCUT2D eigenvalue weighted by atomic mass is 32.2. The molecule has 3 aromatic rings. The van der Waals surface area contributed by atoms with Gasteiger partial charge in [-0.3, -0.25) is 9.35 Å². The number of rotatable bonds is 6. The Bertz CT molecular complexity index is 1210. The van der Waals surface area contributed by atoms with Crippen LogP contribution < -0.4 is 9.73 Å². The number of hydrazine groups is 1. The summed E-state index contributed by atoms with van der Waals surface area (Å²) in [6.07, 6.45) is 3.63. The number of hydrogen-bond acceptors (Lipinski definition) is 5. The third-order valence-electron chi connectivity index (χ3n) is 5.58. The number of H-pyrrole nitrogens is 1. The highest BCUT2D eigenvalue weighted by Gasteiger charge is 2.34. The number of amides is 1. The normalized spacial score (nSPS) is 17.7. The van der Waals surface area contributed by atoms with E-state index in [0.29, 0.717) is 30.2 Å². The van der Waals surface area contributed by atoms with Gasteiger partial charge in [0.1, 0.15) is 11.5 Å². The molecular weight excluding hydrogens is 416 g/mol. The zero-order chi connectivity index (χ0) is 21.5. The van der Waals surface area contributed by atoms with Crippen LogP contribution in [0.5, 0.6) is 0 Å². The number of aromatic amines is 1. The number of carbonyl (C=O) groups excluding carboxylic acids is 1. The molecule has 31 heavy (non-hydrogen) atoms. The van der Waals surface area contributed by atoms with Crippen molar-refractivity contribution in [1.29, 1.82) is 5.26 Å². The average Bonchev–Trinajstić information content (AvgIpc) is 3.48. The molecule has 1 saturated carbocycles. The number of benzene rings is 1. The monoisotopic (exact) mass is 436 g/mol. The zero-order valence-corrected chi connectivity index (χ0v) is 17.3. The zero-order valence-electron chi connectivity index (χ0n) is 16.5. The van der Waals surface area contributed by atoms with Crippen LogP contribution >= 0.6 is 0 Å². The summed E-state index contributed by atoms with van der Waals surface area (Å²) >= 11 is -2.24. The van der Waals surface area contributed by atoms with E-state index in [1.54, 1.807) is 23.3 Å². The molecule has 0 radical (unpaired) electrons. The van der Waals surface area contributed by atoms with E-state index in [1.807, 2.05) is 24.3 Å². The Labute approximate surface area is 181 Å². The van der Waals surface area contributed by atoms with Gasteiger partial charge < -0.3 is 10.3 Å². The first kappa shape index (κ1) is 19.7. The standard InChI is InChI=1S/C21H20N6O3S/c22-10-13-11-26(12-13)27(31(29)30)16-5-3-14(4-6-16)18-9-19(25-21(28)15-1-2-15)24-20-17(18)7-8-23-20/h3-9,13,15H,1-2,11-12H2,(H,29,30)(H2,23,24,25,28). The highest BCUT2D eigenvalue weighted by Crippen LogP contribution is 2.34. The van der Waals surface area contributed by atoms with Gasteiger partial charge in [0.05, 0.1) is 17.7 Å². The van der Waals surface area contributed by atoms with Crippen molar-refractivity contribution in [3.05, 3.63) is 42.6 Å². The van der Waals surface area contributed by atoms with Crippen LogP contribution in [0, 0.1) is 23.2 Å². The molecule has 10 heteroatoms. The second-order valence-electron chi connectivity index (χ2n) is 7.81. The van der Waals surface area contributed by atoms with Gasteiger partial charge in [0.2, 0.25) is 5.91 Å². The van der Waals surface area contributed by atoms with Gasteiger partial charge in [-0.1, -0.05) is 12.1 Å². The topological polar surface area (TPSA) is 125 Å². The maximum absolute atomic E-state index is 12.2. The van der Waals surface area contributed by atoms with Crippen molar-refractivity contribution < 1.29 is 13.6 Å². The van der Waals surface area contributed by atoms with E-state index in [-0.39, 0.29) is 17.7 Å². The molecule has 9 nitrogen and oxygen atoms in total. The predicted octanol–water partition coefficient (Wildman–Crippen LogP) is 2.89. The second-order valence-corrected chi connectivity index (χ2v) is 8.61. The van der Waals surface area contributed by atoms with Gasteiger partial charge in [0.25, 0.3) is 11.3 Å². The van der Waals surface area contributed by atoms with E-state index in [9.17, 15) is 13.6 Å². The van der Waals surface area contributed by atoms with Gasteiger partial charge in [-0.25, -0.2) is 14.2 Å². The molecule has 2 aliphatic rings. The first-order valence-corrected chi connectivity index (χ1v) is 11.0. The van der Waals surface area contributed by atoms with Crippen molar-refractivity contribution in [3.8, 4) is 17.2 Å². The minimum Gasteiger partial charge on any atom is -0.346 e. The SMILES string of the molecule is N#CC1CN(N(c2ccc(-c3cc(NC(=O)C4CC4)nc4[nH]ccc34)cc2)S(=O)O)C1. The second kappa shape index (κ2) is 7.77. The molecule has 0 bridgehead atoms. The summed E-state index contributed by atoms with van der Waals surface area (Å²) < 4.78 is 22.9. The van der Waals surface area contributed by atoms with E-state index < -0.39 is 11.3 Å². The third kappa shape index (κ3) is 3.79. The van der Waals surface area contributed by atoms with Crippen molar-refractivity contribution in [3.63, 3.8) is 0 Å². The van der Waals surface area contributed by atoms with E-state index >= 15 is 0 Å². The molecule has 1 aliphatic heterocycles. The highest BCUT2D eigenvalue weighted by molar-refractivity contribution is 7.80. The molecule has 1 unspecified atom stereocenters. The lowest BCUT2D eigenvalue weighted by Gasteiger charge is -2.41. The number of nitrogens with one attached hydrogen (secondary N) is 2. The number of carbonyl (C=O) groups is 1. The van der Waals surface area contributed by atoms with Crippen molar-refractivity contribution in [1.82, 2.24) is 15.0 Å². The van der Waals surface area contributed by atoms with E-state index in [4.69, 9.17) is 5.26 Å². The molecular formula is C21H20N6O3S. The molecule has 0 spiro atoms. The number of hydrogen-bond donors (Lipinski definition) is 3. The first-order valence-electron chi connectivity index (χ1n) is 9.98. The van der Waals surface area contributed by atoms with Crippen LogP contribution in [0.1, 0.15) is 12.8 Å². The van der Waals surface area contributed by atoms with Crippen molar-refractivity contribution in [2.45, 2.75) is 12.8 Å². The van der Waals surface area contributed by atoms with Crippen molar-refractivity contribution in [2.24, 2.45) is 11.8 Å². The minimum absolute atomic E-state index is 0.00834. The van der Waals surface area contributed by atoms with Gasteiger partial charge in [-0.15, -0.1) is 0 Å². The molecule has 1 aliphatic carbocycles. The summed E-state index contributed by atoms with van der Waals surface area (Å²) in [5.74, 6) is 0.433. The fourth-order valence-electron chi connectivity index (χ4n) is 3.72. The Hall–Kier alpha value is -3.26. The van der Waals surface area contributed by atoms with Crippen LogP contribution in [0.15, 0.2) is 42.6 Å². The van der Waals surface area contributed by atoms with Crippen LogP contribution in [0.4, 0.5) is 11.5 Å². The lowest BCUT2D eigenvalue weighted by atomic mass is 10.0. The fraction of sp³-hybridized carbons (Fsp3) is 0.286. The van der Waals surface area contributed by atoms with Gasteiger partial charge in [-0.2, -0.15) is 9.68 Å². The molecule has 1 atom stereocenters. The number of anilines is 2. The van der Waals surface area contributed by atoms with Gasteiger partial charge in [-0.05, 0) is 48.2 Å². The Morgan fingerprint density at radius 2 is 2.03 bits per heavy atom. The number of nitriles is 1. The number of fused-ring (bicyclic) bond motifs is 1. The molecule has 2 aromatic heterocycles. The molecule has 158 valence electrons. The van der Waals surface area contributed by atoms with Gasteiger partial charge >= 0.3 is 0 Å². The maximum Gasteiger partial charge on any atom is 0.277 e. The lowest BCUT2D eigenvalue weighted by Crippen LogP contribution is -2.56. The molecule has 3 heterocycles. The first-order chi connectivity index (χ1) is 15.0. The minimum atomic E-state index is -2.24. The molecule has 3 N–H and O–H groups in total. The van der Waals surface area contributed by atoms with E-state index in [2.05, 4.69) is 21.4 Å². The molecule has 1 amide bonds. The fourth-order valence-corrected chi connectivity index (χ4v) is 4.35. The largest absolute Gasteiger partial charge is 0.346 e. The molecule has 1 saturated heterocycles. The lowest BCUT2D eigenvalue weighted by molar-refractivity contribution is -0.117. The summed E-state index contributed by atoms with van der Waals surface area (Å²) in [7, 11) is 0. The smallest absolute Gasteiger partial charge is 0.277 e. The third-order valence-corrected chi connectivity index (χ3v) is 6.31. The molecule has 1 aromatic carbocycles. The summed E-state index contributed by atoms with van der Waals surface area (Å²) in [5.41, 5.74) is 3.02. The van der Waals surface area contributed by atoms with Crippen LogP contribution in [-0.2, 0) is 16.1 Å². The predicted molar refractivity (Wildman–Crippen MR) is 117 cm³/mol. The maximum atomic E-state index is 12.2. The number of nitrogens with zero attached hydrogens (tertiary/aromatic N) is 4. The van der Waals surface area contributed by atoms with Crippen LogP contribution in [0.2, 0.25) is 0 Å². The summed E-state index contributed by atoms with van der Waals surface area (Å²) in [5, 5.41) is 14.5. The summed E-state index contributed by atoms with van der Waals surface area (Å²) in [6, 6.07) is 13.2. The Morgan fingerprint density at radius 1 is 1.29 bits per heavy atom. The van der Waals surface area contributed by atoms with Crippen molar-refractivity contribution in [2.75, 3.05) is 22.8 Å². The summed E-state index contributed by atoms with van der Waals surface area (Å²) in [4.78, 5) is 19.8. The van der Waals surface area contributed by atoms with Crippen LogP contribution in [-0.4, -0.2) is 42.7 Å². The van der Waals surface area contributed by atoms with Gasteiger partial charge in [0.15, 0.2) is 0 Å². The van der Waals surface area contributed by atoms with E-state index in [0.717, 1.165) is 29.4 Å². The Balaban J connectivity index is 1.45.